The number of ether oxygens (including phenoxy) is 4. The third-order valence-corrected chi connectivity index (χ3v) is 8.73. The van der Waals surface area contributed by atoms with Crippen molar-refractivity contribution in [2.24, 2.45) is 29.6 Å². The molecule has 2 heterocycles. The van der Waals surface area contributed by atoms with Crippen LogP contribution in [0.25, 0.3) is 0 Å². The van der Waals surface area contributed by atoms with E-state index in [1.807, 2.05) is 0 Å². The van der Waals surface area contributed by atoms with Gasteiger partial charge in [0.15, 0.2) is 18.7 Å². The number of esters is 1. The number of hydrogen-bond acceptors (Lipinski definition) is 7. The van der Waals surface area contributed by atoms with Crippen LogP contribution in [0.1, 0.15) is 73.1 Å². The van der Waals surface area contributed by atoms with E-state index in [1.54, 1.807) is 11.1 Å². The van der Waals surface area contributed by atoms with Crippen LogP contribution in [0.4, 0.5) is 0 Å². The second-order valence-corrected chi connectivity index (χ2v) is 11.4. The number of rotatable bonds is 7. The van der Waals surface area contributed by atoms with Crippen molar-refractivity contribution in [1.82, 2.24) is 0 Å². The number of aliphatic hydroxyl groups excluding tert-OH is 2. The molecule has 0 radical (unpaired) electrons. The molecule has 35 heavy (non-hydrogen) atoms. The number of carbonyl (C=O) groups excluding carboxylic acids is 1. The normalized spacial score (nSPS) is 41.1. The maximum absolute atomic E-state index is 11.4. The molecule has 0 saturated carbocycles. The van der Waals surface area contributed by atoms with Crippen molar-refractivity contribution in [3.63, 3.8) is 0 Å². The highest BCUT2D eigenvalue weighted by Gasteiger charge is 2.50. The summed E-state index contributed by atoms with van der Waals surface area (Å²) in [7, 11) is 0. The zero-order chi connectivity index (χ0) is 25.3. The first-order chi connectivity index (χ1) is 16.7. The first-order valence-electron chi connectivity index (χ1n) is 13.5. The monoisotopic (exact) mass is 492 g/mol. The number of allylic oxidation sites excluding steroid dienone is 4. The van der Waals surface area contributed by atoms with Gasteiger partial charge in [-0.15, -0.1) is 0 Å². The molecule has 2 N–H and O–H groups in total. The lowest BCUT2D eigenvalue weighted by molar-refractivity contribution is -0.306. The van der Waals surface area contributed by atoms with Crippen LogP contribution in [0.5, 0.6) is 0 Å². The Morgan fingerprint density at radius 2 is 1.89 bits per heavy atom. The second kappa shape index (κ2) is 11.4. The van der Waals surface area contributed by atoms with Crippen LogP contribution in [0.3, 0.4) is 0 Å². The average molecular weight is 493 g/mol. The Hall–Kier alpha value is -1.25. The van der Waals surface area contributed by atoms with Gasteiger partial charge in [-0.2, -0.15) is 0 Å². The molecule has 7 nitrogen and oxygen atoms in total. The topological polar surface area (TPSA) is 94.5 Å². The van der Waals surface area contributed by atoms with E-state index >= 15 is 0 Å². The van der Waals surface area contributed by atoms with Crippen molar-refractivity contribution in [2.45, 2.75) is 110 Å². The molecule has 0 amide bonds. The Labute approximate surface area is 209 Å². The summed E-state index contributed by atoms with van der Waals surface area (Å²) in [6, 6.07) is 0. The minimum Gasteiger partial charge on any atom is -0.457 e. The van der Waals surface area contributed by atoms with E-state index in [-0.39, 0.29) is 12.5 Å². The summed E-state index contributed by atoms with van der Waals surface area (Å²) < 4.78 is 22.8. The van der Waals surface area contributed by atoms with Gasteiger partial charge in [0.05, 0.1) is 6.61 Å². The fourth-order valence-corrected chi connectivity index (χ4v) is 6.55. The largest absolute Gasteiger partial charge is 0.457 e. The Kier molecular flexibility index (Phi) is 8.75. The van der Waals surface area contributed by atoms with Crippen molar-refractivity contribution in [1.29, 1.82) is 0 Å². The average Bonchev–Trinajstić information content (AvgIpc) is 3.02. The summed E-state index contributed by atoms with van der Waals surface area (Å²) in [5.41, 5.74) is 3.12. The Morgan fingerprint density at radius 3 is 2.63 bits per heavy atom. The zero-order valence-electron chi connectivity index (χ0n) is 21.9. The summed E-state index contributed by atoms with van der Waals surface area (Å²) >= 11 is 0. The van der Waals surface area contributed by atoms with Crippen LogP contribution in [-0.2, 0) is 23.7 Å². The van der Waals surface area contributed by atoms with E-state index in [0.29, 0.717) is 23.7 Å². The third kappa shape index (κ3) is 6.02. The number of carbonyl (C=O) groups is 1. The van der Waals surface area contributed by atoms with Gasteiger partial charge in [-0.3, -0.25) is 4.79 Å². The summed E-state index contributed by atoms with van der Waals surface area (Å²) in [6.45, 7) is 10.5. The van der Waals surface area contributed by atoms with Gasteiger partial charge in [-0.05, 0) is 63.2 Å². The van der Waals surface area contributed by atoms with Gasteiger partial charge in [0.2, 0.25) is 0 Å². The van der Waals surface area contributed by atoms with Crippen molar-refractivity contribution >= 4 is 5.97 Å². The van der Waals surface area contributed by atoms with Gasteiger partial charge in [0, 0.05) is 12.8 Å². The molecule has 0 aromatic carbocycles. The molecule has 0 spiro atoms. The maximum atomic E-state index is 11.4. The highest BCUT2D eigenvalue weighted by molar-refractivity contribution is 5.66. The van der Waals surface area contributed by atoms with Crippen molar-refractivity contribution < 1.29 is 34.0 Å². The Bertz CT molecular complexity index is 807. The van der Waals surface area contributed by atoms with Crippen molar-refractivity contribution in [3.8, 4) is 0 Å². The van der Waals surface area contributed by atoms with E-state index in [9.17, 15) is 15.0 Å². The molecule has 0 unspecified atom stereocenters. The third-order valence-electron chi connectivity index (χ3n) is 8.73. The van der Waals surface area contributed by atoms with Crippen LogP contribution in [0.15, 0.2) is 23.3 Å². The van der Waals surface area contributed by atoms with Crippen LogP contribution in [-0.4, -0.2) is 59.8 Å². The molecule has 198 valence electrons. The molecule has 2 bridgehead atoms. The smallest absolute Gasteiger partial charge is 0.303 e. The fraction of sp³-hybridized carbons (Fsp3) is 0.821. The van der Waals surface area contributed by atoms with E-state index in [2.05, 4.69) is 39.8 Å². The SMILES string of the molecule is CC(=O)O[C@@H]1[C@@H](O)[C@@H]2O[C@@H]([C@H](C)CCC[C@@H](C)[C@@H]3CC=C(C)[C@H]4CCC(C)=C[C@@H]34)OC[C@@H](O2)[C@H]1O. The van der Waals surface area contributed by atoms with Crippen LogP contribution >= 0.6 is 0 Å². The number of fused-ring (bicyclic) bond motifs is 3. The van der Waals surface area contributed by atoms with Gasteiger partial charge in [0.1, 0.15) is 18.3 Å². The van der Waals surface area contributed by atoms with Gasteiger partial charge in [0.25, 0.3) is 0 Å². The van der Waals surface area contributed by atoms with E-state index in [1.165, 1.54) is 26.2 Å². The first kappa shape index (κ1) is 26.8. The molecule has 0 aromatic heterocycles. The van der Waals surface area contributed by atoms with Crippen LogP contribution < -0.4 is 0 Å². The fourth-order valence-electron chi connectivity index (χ4n) is 6.55. The lowest BCUT2D eigenvalue weighted by atomic mass is 9.63. The maximum Gasteiger partial charge on any atom is 0.303 e. The Balaban J connectivity index is 1.30. The van der Waals surface area contributed by atoms with E-state index in [0.717, 1.165) is 19.3 Å². The van der Waals surface area contributed by atoms with Crippen molar-refractivity contribution in [2.75, 3.05) is 6.61 Å². The molecule has 0 aromatic rings. The minimum atomic E-state index is -1.27. The molecule has 4 aliphatic rings. The minimum absolute atomic E-state index is 0.0970. The van der Waals surface area contributed by atoms with Gasteiger partial charge in [-0.25, -0.2) is 0 Å². The lowest BCUT2D eigenvalue weighted by Gasteiger charge is -2.42. The summed E-state index contributed by atoms with van der Waals surface area (Å²) in [4.78, 5) is 11.4. The molecular weight excluding hydrogens is 448 g/mol. The predicted molar refractivity (Wildman–Crippen MR) is 131 cm³/mol. The molecule has 2 fully saturated rings. The number of hydrogen-bond donors (Lipinski definition) is 2. The highest BCUT2D eigenvalue weighted by atomic mass is 16.8. The van der Waals surface area contributed by atoms with Crippen molar-refractivity contribution in [3.05, 3.63) is 23.3 Å². The van der Waals surface area contributed by atoms with Crippen LogP contribution in [0.2, 0.25) is 0 Å². The number of aliphatic hydroxyl groups is 2. The standard InChI is InChI=1S/C28H44O7/c1-15-9-11-20-17(3)10-12-21(22(20)13-15)16(2)7-6-8-18(4)27-32-14-23-24(30)26(33-19(5)29)25(31)28(34-23)35-27/h10,13,16,18,20-28,30-31H,6-9,11-12,14H2,1-5H3/t16-,18-,20-,21+,22-,23-,24-,25-,26+,27+,28+/m1/s1. The summed E-state index contributed by atoms with van der Waals surface area (Å²) in [5.74, 6) is 2.25. The second-order valence-electron chi connectivity index (χ2n) is 11.4. The molecule has 2 aliphatic heterocycles. The molecule has 7 heteroatoms. The Morgan fingerprint density at radius 1 is 1.14 bits per heavy atom. The summed E-state index contributed by atoms with van der Waals surface area (Å²) in [6.07, 6.45) is 6.08. The molecule has 11 atom stereocenters. The van der Waals surface area contributed by atoms with E-state index in [4.69, 9.17) is 18.9 Å². The van der Waals surface area contributed by atoms with Gasteiger partial charge in [-0.1, -0.05) is 50.0 Å². The predicted octanol–water partition coefficient (Wildman–Crippen LogP) is 4.12. The highest BCUT2D eigenvalue weighted by Crippen LogP contribution is 2.46. The quantitative estimate of drug-likeness (QED) is 0.408. The summed E-state index contributed by atoms with van der Waals surface area (Å²) in [5, 5.41) is 21.1. The molecular formula is C28H44O7. The molecule has 2 aliphatic carbocycles. The van der Waals surface area contributed by atoms with Crippen LogP contribution in [0, 0.1) is 29.6 Å². The lowest BCUT2D eigenvalue weighted by Crippen LogP contribution is -2.59. The molecule has 2 saturated heterocycles. The first-order valence-corrected chi connectivity index (χ1v) is 13.5. The van der Waals surface area contributed by atoms with Gasteiger partial charge < -0.3 is 29.2 Å². The van der Waals surface area contributed by atoms with Gasteiger partial charge >= 0.3 is 5.97 Å². The zero-order valence-corrected chi connectivity index (χ0v) is 21.9. The molecule has 4 rings (SSSR count). The van der Waals surface area contributed by atoms with E-state index < -0.39 is 43.0 Å².